The van der Waals surface area contributed by atoms with Crippen molar-refractivity contribution in [2.24, 2.45) is 0 Å². The number of likely N-dealkylation sites (tertiary alicyclic amines) is 1. The predicted molar refractivity (Wildman–Crippen MR) is 113 cm³/mol. The highest BCUT2D eigenvalue weighted by molar-refractivity contribution is 5.94. The molecule has 1 aliphatic rings. The van der Waals surface area contributed by atoms with Crippen molar-refractivity contribution in [3.8, 4) is 0 Å². The Bertz CT molecular complexity index is 985. The van der Waals surface area contributed by atoms with Gasteiger partial charge in [-0.05, 0) is 73.7 Å². The first-order chi connectivity index (χ1) is 14.1. The molecule has 1 atom stereocenters. The molecule has 1 aromatic heterocycles. The molecule has 1 aliphatic heterocycles. The van der Waals surface area contributed by atoms with Crippen molar-refractivity contribution in [1.29, 1.82) is 0 Å². The zero-order valence-corrected chi connectivity index (χ0v) is 16.6. The van der Waals surface area contributed by atoms with Crippen LogP contribution in [0.1, 0.15) is 51.6 Å². The Balaban J connectivity index is 1.52. The van der Waals surface area contributed by atoms with Crippen LogP contribution < -0.4 is 0 Å². The Hall–Kier alpha value is -3.01. The van der Waals surface area contributed by atoms with Gasteiger partial charge in [0.2, 0.25) is 0 Å². The van der Waals surface area contributed by atoms with Crippen molar-refractivity contribution in [2.45, 2.75) is 32.1 Å². The summed E-state index contributed by atoms with van der Waals surface area (Å²) in [7, 11) is 0. The van der Waals surface area contributed by atoms with Gasteiger partial charge in [0.15, 0.2) is 0 Å². The highest BCUT2D eigenvalue weighted by Crippen LogP contribution is 2.28. The van der Waals surface area contributed by atoms with Crippen molar-refractivity contribution < 1.29 is 9.18 Å². The second-order valence-corrected chi connectivity index (χ2v) is 7.80. The van der Waals surface area contributed by atoms with Gasteiger partial charge in [-0.25, -0.2) is 4.39 Å². The van der Waals surface area contributed by atoms with Crippen molar-refractivity contribution in [3.05, 3.63) is 101 Å². The molecule has 148 valence electrons. The summed E-state index contributed by atoms with van der Waals surface area (Å²) in [4.78, 5) is 19.6. The lowest BCUT2D eigenvalue weighted by Gasteiger charge is -2.33. The third-order valence-electron chi connectivity index (χ3n) is 5.50. The number of halogens is 1. The zero-order valence-electron chi connectivity index (χ0n) is 16.6. The summed E-state index contributed by atoms with van der Waals surface area (Å²) in [6.45, 7) is 3.49. The maximum absolute atomic E-state index is 13.2. The van der Waals surface area contributed by atoms with Gasteiger partial charge in [0.25, 0.3) is 5.91 Å². The number of carbonyl (C=O) groups is 1. The van der Waals surface area contributed by atoms with Crippen LogP contribution >= 0.6 is 0 Å². The average molecular weight is 388 g/mol. The van der Waals surface area contributed by atoms with Crippen molar-refractivity contribution in [2.75, 3.05) is 13.1 Å². The third-order valence-corrected chi connectivity index (χ3v) is 5.50. The number of piperidine rings is 1. The SMILES string of the molecule is Cc1cc(Cc2ccc(F)cc2)cc(C2CCCN(C(=O)c3ccccc3)C2)n1. The first-order valence-corrected chi connectivity index (χ1v) is 10.1. The maximum atomic E-state index is 13.2. The fourth-order valence-corrected chi connectivity index (χ4v) is 4.08. The van der Waals surface area contributed by atoms with Gasteiger partial charge in [-0.1, -0.05) is 30.3 Å². The summed E-state index contributed by atoms with van der Waals surface area (Å²) in [6, 6.07) is 20.4. The minimum Gasteiger partial charge on any atom is -0.338 e. The summed E-state index contributed by atoms with van der Waals surface area (Å²) in [5.74, 6) is 0.114. The number of aryl methyl sites for hydroxylation is 1. The Morgan fingerprint density at radius 3 is 2.59 bits per heavy atom. The van der Waals surface area contributed by atoms with E-state index in [1.165, 1.54) is 17.7 Å². The standard InChI is InChI=1S/C25H25FN2O/c1-18-14-20(15-19-9-11-23(26)12-10-19)16-24(27-18)22-8-5-13-28(17-22)25(29)21-6-3-2-4-7-21/h2-4,6-7,9-12,14,16,22H,5,8,13,15,17H2,1H3. The summed E-state index contributed by atoms with van der Waals surface area (Å²) < 4.78 is 13.2. The van der Waals surface area contributed by atoms with E-state index in [1.54, 1.807) is 0 Å². The van der Waals surface area contributed by atoms with Crippen LogP contribution in [-0.4, -0.2) is 28.9 Å². The molecule has 1 unspecified atom stereocenters. The summed E-state index contributed by atoms with van der Waals surface area (Å²) in [5, 5.41) is 0. The zero-order chi connectivity index (χ0) is 20.2. The largest absolute Gasteiger partial charge is 0.338 e. The van der Waals surface area contributed by atoms with Crippen LogP contribution in [-0.2, 0) is 6.42 Å². The van der Waals surface area contributed by atoms with Crippen molar-refractivity contribution in [3.63, 3.8) is 0 Å². The molecule has 2 aromatic carbocycles. The molecular weight excluding hydrogens is 363 g/mol. The summed E-state index contributed by atoms with van der Waals surface area (Å²) in [6.07, 6.45) is 2.76. The maximum Gasteiger partial charge on any atom is 0.253 e. The molecule has 3 nitrogen and oxygen atoms in total. The Kier molecular flexibility index (Phi) is 5.70. The first-order valence-electron chi connectivity index (χ1n) is 10.1. The fraction of sp³-hybridized carbons (Fsp3) is 0.280. The number of benzene rings is 2. The normalized spacial score (nSPS) is 16.6. The van der Waals surface area contributed by atoms with Crippen molar-refractivity contribution >= 4 is 5.91 Å². The molecule has 0 N–H and O–H groups in total. The number of hydrogen-bond donors (Lipinski definition) is 0. The highest BCUT2D eigenvalue weighted by atomic mass is 19.1. The van der Waals surface area contributed by atoms with E-state index in [9.17, 15) is 9.18 Å². The fourth-order valence-electron chi connectivity index (χ4n) is 4.08. The average Bonchev–Trinajstić information content (AvgIpc) is 2.75. The van der Waals surface area contributed by atoms with Gasteiger partial charge in [0.05, 0.1) is 0 Å². The Morgan fingerprint density at radius 2 is 1.83 bits per heavy atom. The van der Waals surface area contributed by atoms with Crippen molar-refractivity contribution in [1.82, 2.24) is 9.88 Å². The van der Waals surface area contributed by atoms with E-state index in [0.717, 1.165) is 48.3 Å². The lowest BCUT2D eigenvalue weighted by molar-refractivity contribution is 0.0706. The molecule has 0 radical (unpaired) electrons. The monoisotopic (exact) mass is 388 g/mol. The lowest BCUT2D eigenvalue weighted by Crippen LogP contribution is -2.39. The number of pyridine rings is 1. The first kappa shape index (κ1) is 19.3. The van der Waals surface area contributed by atoms with E-state index in [0.29, 0.717) is 6.54 Å². The quantitative estimate of drug-likeness (QED) is 0.620. The van der Waals surface area contributed by atoms with Crippen LogP contribution in [0.25, 0.3) is 0 Å². The molecule has 1 saturated heterocycles. The predicted octanol–water partition coefficient (Wildman–Crippen LogP) is 5.14. The van der Waals surface area contributed by atoms with E-state index in [1.807, 2.05) is 54.3 Å². The number of aromatic nitrogens is 1. The molecule has 1 amide bonds. The van der Waals surface area contributed by atoms with E-state index >= 15 is 0 Å². The molecule has 0 aliphatic carbocycles. The minimum absolute atomic E-state index is 0.0921. The van der Waals surface area contributed by atoms with Gasteiger partial charge in [0.1, 0.15) is 5.82 Å². The highest BCUT2D eigenvalue weighted by Gasteiger charge is 2.26. The molecule has 3 aromatic rings. The molecule has 4 heteroatoms. The lowest BCUT2D eigenvalue weighted by atomic mass is 9.92. The van der Waals surface area contributed by atoms with E-state index in [-0.39, 0.29) is 17.6 Å². The summed E-state index contributed by atoms with van der Waals surface area (Å²) >= 11 is 0. The van der Waals surface area contributed by atoms with Gasteiger partial charge in [-0.15, -0.1) is 0 Å². The second-order valence-electron chi connectivity index (χ2n) is 7.80. The van der Waals surface area contributed by atoms with E-state index in [4.69, 9.17) is 4.98 Å². The van der Waals surface area contributed by atoms with Crippen LogP contribution in [0, 0.1) is 12.7 Å². The van der Waals surface area contributed by atoms with E-state index < -0.39 is 0 Å². The van der Waals surface area contributed by atoms with Gasteiger partial charge in [0, 0.05) is 36.0 Å². The van der Waals surface area contributed by atoms with Gasteiger partial charge >= 0.3 is 0 Å². The third kappa shape index (κ3) is 4.70. The smallest absolute Gasteiger partial charge is 0.253 e. The molecule has 2 heterocycles. The molecule has 0 saturated carbocycles. The number of carbonyl (C=O) groups excluding carboxylic acids is 1. The number of amides is 1. The molecule has 0 bridgehead atoms. The number of nitrogens with zero attached hydrogens (tertiary/aromatic N) is 2. The topological polar surface area (TPSA) is 33.2 Å². The van der Waals surface area contributed by atoms with Crippen LogP contribution in [0.4, 0.5) is 4.39 Å². The van der Waals surface area contributed by atoms with Gasteiger partial charge < -0.3 is 4.90 Å². The van der Waals surface area contributed by atoms with E-state index in [2.05, 4.69) is 12.1 Å². The van der Waals surface area contributed by atoms with Gasteiger partial charge in [-0.2, -0.15) is 0 Å². The van der Waals surface area contributed by atoms with Gasteiger partial charge in [-0.3, -0.25) is 9.78 Å². The molecular formula is C25H25FN2O. The number of rotatable bonds is 4. The molecule has 29 heavy (non-hydrogen) atoms. The second kappa shape index (κ2) is 8.56. The number of hydrogen-bond acceptors (Lipinski definition) is 2. The molecule has 4 rings (SSSR count). The minimum atomic E-state index is -0.217. The van der Waals surface area contributed by atoms with Crippen LogP contribution in [0.5, 0.6) is 0 Å². The van der Waals surface area contributed by atoms with Crippen LogP contribution in [0.15, 0.2) is 66.7 Å². The molecule has 0 spiro atoms. The van der Waals surface area contributed by atoms with Crippen LogP contribution in [0.2, 0.25) is 0 Å². The molecule has 1 fully saturated rings. The summed E-state index contributed by atoms with van der Waals surface area (Å²) in [5.41, 5.74) is 5.01. The Labute approximate surface area is 171 Å². The van der Waals surface area contributed by atoms with Crippen LogP contribution in [0.3, 0.4) is 0 Å². The Morgan fingerprint density at radius 1 is 1.07 bits per heavy atom.